The highest BCUT2D eigenvalue weighted by molar-refractivity contribution is 5.82. The molecular formula is C24H29FN2O. The lowest BCUT2D eigenvalue weighted by atomic mass is 9.90. The molecule has 0 radical (unpaired) electrons. The van der Waals surface area contributed by atoms with Gasteiger partial charge in [0.1, 0.15) is 5.82 Å². The van der Waals surface area contributed by atoms with Gasteiger partial charge < -0.3 is 4.90 Å². The van der Waals surface area contributed by atoms with Crippen molar-refractivity contribution in [3.63, 3.8) is 0 Å². The number of likely N-dealkylation sites (tertiary alicyclic amines) is 2. The molecule has 28 heavy (non-hydrogen) atoms. The molecule has 2 heterocycles. The Morgan fingerprint density at radius 1 is 0.893 bits per heavy atom. The van der Waals surface area contributed by atoms with Crippen molar-refractivity contribution >= 4 is 5.91 Å². The molecule has 0 saturated carbocycles. The predicted molar refractivity (Wildman–Crippen MR) is 109 cm³/mol. The molecule has 3 nitrogen and oxygen atoms in total. The average molecular weight is 381 g/mol. The van der Waals surface area contributed by atoms with Gasteiger partial charge in [-0.3, -0.25) is 9.69 Å². The molecule has 0 aromatic heterocycles. The van der Waals surface area contributed by atoms with Crippen LogP contribution in [-0.2, 0) is 17.8 Å². The van der Waals surface area contributed by atoms with Crippen LogP contribution < -0.4 is 0 Å². The molecule has 2 saturated heterocycles. The summed E-state index contributed by atoms with van der Waals surface area (Å²) in [6, 6.07) is 17.3. The summed E-state index contributed by atoms with van der Waals surface area (Å²) < 4.78 is 13.1. The van der Waals surface area contributed by atoms with Gasteiger partial charge in [-0.15, -0.1) is 0 Å². The van der Waals surface area contributed by atoms with Gasteiger partial charge in [0, 0.05) is 19.6 Å². The summed E-state index contributed by atoms with van der Waals surface area (Å²) in [7, 11) is 0. The lowest BCUT2D eigenvalue weighted by Crippen LogP contribution is -2.48. The topological polar surface area (TPSA) is 23.6 Å². The summed E-state index contributed by atoms with van der Waals surface area (Å²) in [5.41, 5.74) is 2.47. The molecule has 2 aliphatic heterocycles. The molecular weight excluding hydrogens is 351 g/mol. The zero-order chi connectivity index (χ0) is 19.3. The third-order valence-electron chi connectivity index (χ3n) is 6.24. The lowest BCUT2D eigenvalue weighted by molar-refractivity contribution is -0.137. The van der Waals surface area contributed by atoms with E-state index in [9.17, 15) is 9.18 Å². The Kier molecular flexibility index (Phi) is 6.06. The van der Waals surface area contributed by atoms with Crippen molar-refractivity contribution < 1.29 is 9.18 Å². The second kappa shape index (κ2) is 8.87. The Hall–Kier alpha value is -2.20. The van der Waals surface area contributed by atoms with Gasteiger partial charge in [-0.1, -0.05) is 42.5 Å². The standard InChI is InChI=1S/C24H29FN2O/c25-22-10-8-19(9-11-22)17-20-12-15-26(16-13-20)24(28)23-7-4-14-27(23)18-21-5-2-1-3-6-21/h1-3,5-6,8-11,20,23H,4,7,12-18H2/t23-/m0/s1. The van der Waals surface area contributed by atoms with Crippen molar-refractivity contribution in [3.8, 4) is 0 Å². The van der Waals surface area contributed by atoms with Gasteiger partial charge in [0.15, 0.2) is 0 Å². The zero-order valence-corrected chi connectivity index (χ0v) is 16.4. The number of halogens is 1. The normalized spacial score (nSPS) is 21.2. The third-order valence-corrected chi connectivity index (χ3v) is 6.24. The Labute approximate surface area is 167 Å². The van der Waals surface area contributed by atoms with Gasteiger partial charge in [-0.05, 0) is 67.8 Å². The Balaban J connectivity index is 1.30. The number of carbonyl (C=O) groups is 1. The third kappa shape index (κ3) is 4.61. The van der Waals surface area contributed by atoms with Crippen LogP contribution in [0.15, 0.2) is 54.6 Å². The molecule has 2 aliphatic rings. The van der Waals surface area contributed by atoms with Crippen LogP contribution in [0.4, 0.5) is 4.39 Å². The van der Waals surface area contributed by atoms with E-state index in [1.54, 1.807) is 0 Å². The Bertz CT molecular complexity index is 769. The van der Waals surface area contributed by atoms with Crippen molar-refractivity contribution in [1.82, 2.24) is 9.80 Å². The molecule has 0 unspecified atom stereocenters. The summed E-state index contributed by atoms with van der Waals surface area (Å²) in [6.45, 7) is 3.56. The average Bonchev–Trinajstić information content (AvgIpc) is 3.18. The molecule has 4 heteroatoms. The van der Waals surface area contributed by atoms with Gasteiger partial charge in [0.05, 0.1) is 6.04 Å². The monoisotopic (exact) mass is 380 g/mol. The Morgan fingerprint density at radius 3 is 2.32 bits per heavy atom. The van der Waals surface area contributed by atoms with E-state index >= 15 is 0 Å². The van der Waals surface area contributed by atoms with Crippen molar-refractivity contribution in [1.29, 1.82) is 0 Å². The maximum atomic E-state index is 13.1. The second-order valence-electron chi connectivity index (χ2n) is 8.21. The van der Waals surface area contributed by atoms with Crippen LogP contribution in [0.5, 0.6) is 0 Å². The van der Waals surface area contributed by atoms with Crippen LogP contribution in [0.25, 0.3) is 0 Å². The maximum absolute atomic E-state index is 13.1. The number of benzene rings is 2. The summed E-state index contributed by atoms with van der Waals surface area (Å²) in [5, 5.41) is 0. The maximum Gasteiger partial charge on any atom is 0.239 e. The number of carbonyl (C=O) groups excluding carboxylic acids is 1. The highest BCUT2D eigenvalue weighted by atomic mass is 19.1. The van der Waals surface area contributed by atoms with Crippen LogP contribution >= 0.6 is 0 Å². The smallest absolute Gasteiger partial charge is 0.239 e. The van der Waals surface area contributed by atoms with Crippen LogP contribution in [-0.4, -0.2) is 41.4 Å². The Morgan fingerprint density at radius 2 is 1.61 bits per heavy atom. The number of nitrogens with zero attached hydrogens (tertiary/aromatic N) is 2. The molecule has 0 N–H and O–H groups in total. The first-order valence-electron chi connectivity index (χ1n) is 10.5. The highest BCUT2D eigenvalue weighted by Crippen LogP contribution is 2.26. The number of piperidine rings is 1. The van der Waals surface area contributed by atoms with Crippen LogP contribution in [0.3, 0.4) is 0 Å². The van der Waals surface area contributed by atoms with Crippen molar-refractivity contribution in [2.24, 2.45) is 5.92 Å². The molecule has 0 bridgehead atoms. The van der Waals surface area contributed by atoms with Gasteiger partial charge in [0.2, 0.25) is 5.91 Å². The molecule has 0 aliphatic carbocycles. The minimum absolute atomic E-state index is 0.0360. The second-order valence-corrected chi connectivity index (χ2v) is 8.21. The van der Waals surface area contributed by atoms with E-state index in [4.69, 9.17) is 0 Å². The molecule has 4 rings (SSSR count). The fourth-order valence-electron chi connectivity index (χ4n) is 4.64. The van der Waals surface area contributed by atoms with Crippen LogP contribution in [0.2, 0.25) is 0 Å². The van der Waals surface area contributed by atoms with E-state index in [1.165, 1.54) is 23.3 Å². The zero-order valence-electron chi connectivity index (χ0n) is 16.4. The van der Waals surface area contributed by atoms with Gasteiger partial charge in [0.25, 0.3) is 0 Å². The molecule has 2 fully saturated rings. The lowest BCUT2D eigenvalue weighted by Gasteiger charge is -2.35. The minimum atomic E-state index is -0.180. The van der Waals surface area contributed by atoms with E-state index in [0.29, 0.717) is 11.8 Å². The van der Waals surface area contributed by atoms with Gasteiger partial charge in [-0.25, -0.2) is 4.39 Å². The highest BCUT2D eigenvalue weighted by Gasteiger charge is 2.35. The molecule has 148 valence electrons. The van der Waals surface area contributed by atoms with E-state index in [-0.39, 0.29) is 11.9 Å². The number of amides is 1. The van der Waals surface area contributed by atoms with Crippen LogP contribution in [0.1, 0.15) is 36.8 Å². The number of hydrogen-bond donors (Lipinski definition) is 0. The van der Waals surface area contributed by atoms with E-state index in [0.717, 1.165) is 58.3 Å². The van der Waals surface area contributed by atoms with E-state index in [2.05, 4.69) is 34.1 Å². The van der Waals surface area contributed by atoms with E-state index < -0.39 is 0 Å². The molecule has 1 amide bonds. The molecule has 1 atom stereocenters. The van der Waals surface area contributed by atoms with Gasteiger partial charge in [-0.2, -0.15) is 0 Å². The van der Waals surface area contributed by atoms with Crippen molar-refractivity contribution in [2.75, 3.05) is 19.6 Å². The SMILES string of the molecule is O=C([C@@H]1CCCN1Cc1ccccc1)N1CCC(Cc2ccc(F)cc2)CC1. The quantitative estimate of drug-likeness (QED) is 0.773. The summed E-state index contributed by atoms with van der Waals surface area (Å²) in [6.07, 6.45) is 5.13. The minimum Gasteiger partial charge on any atom is -0.341 e. The number of hydrogen-bond acceptors (Lipinski definition) is 2. The fraction of sp³-hybridized carbons (Fsp3) is 0.458. The molecule has 2 aromatic rings. The molecule has 0 spiro atoms. The fourth-order valence-corrected chi connectivity index (χ4v) is 4.64. The van der Waals surface area contributed by atoms with Crippen molar-refractivity contribution in [3.05, 3.63) is 71.5 Å². The first-order chi connectivity index (χ1) is 13.7. The first-order valence-corrected chi connectivity index (χ1v) is 10.5. The van der Waals surface area contributed by atoms with Crippen molar-refractivity contribution in [2.45, 2.75) is 44.7 Å². The summed E-state index contributed by atoms with van der Waals surface area (Å²) >= 11 is 0. The van der Waals surface area contributed by atoms with Gasteiger partial charge >= 0.3 is 0 Å². The summed E-state index contributed by atoms with van der Waals surface area (Å²) in [4.78, 5) is 17.6. The summed E-state index contributed by atoms with van der Waals surface area (Å²) in [5.74, 6) is 0.716. The van der Waals surface area contributed by atoms with Crippen LogP contribution in [0, 0.1) is 11.7 Å². The predicted octanol–water partition coefficient (Wildman–Crippen LogP) is 4.27. The first kappa shape index (κ1) is 19.1. The van der Waals surface area contributed by atoms with E-state index in [1.807, 2.05) is 18.2 Å². The largest absolute Gasteiger partial charge is 0.341 e. The molecule has 2 aromatic carbocycles. The number of rotatable bonds is 5.